The maximum absolute atomic E-state index is 12.4. The minimum Gasteiger partial charge on any atom is -0.508 e. The Kier molecular flexibility index (Phi) is 4.31. The van der Waals surface area contributed by atoms with E-state index in [0.717, 1.165) is 4.90 Å². The third kappa shape index (κ3) is 3.40. The third-order valence-electron chi connectivity index (χ3n) is 3.72. The van der Waals surface area contributed by atoms with Crippen molar-refractivity contribution in [2.75, 3.05) is 10.3 Å². The number of hydrogen-bond acceptors (Lipinski definition) is 7. The monoisotopic (exact) mass is 342 g/mol. The van der Waals surface area contributed by atoms with E-state index in [-0.39, 0.29) is 23.8 Å². The average molecular weight is 342 g/mol. The van der Waals surface area contributed by atoms with Crippen LogP contribution in [0.2, 0.25) is 0 Å². The smallest absolute Gasteiger partial charge is 0.269 e. The van der Waals surface area contributed by atoms with E-state index in [1.165, 1.54) is 48.5 Å². The number of hydrazine groups is 1. The molecule has 9 heteroatoms. The fourth-order valence-electron chi connectivity index (χ4n) is 2.45. The lowest BCUT2D eigenvalue weighted by atomic mass is 10.2. The van der Waals surface area contributed by atoms with Gasteiger partial charge in [0.15, 0.2) is 0 Å². The highest BCUT2D eigenvalue weighted by Gasteiger charge is 2.39. The number of benzene rings is 2. The number of aromatic hydroxyl groups is 1. The lowest BCUT2D eigenvalue weighted by molar-refractivity contribution is -0.384. The molecule has 0 saturated carbocycles. The largest absolute Gasteiger partial charge is 0.508 e. The molecule has 1 fully saturated rings. The number of carbonyl (C=O) groups excluding carboxylic acids is 2. The molecule has 1 aliphatic heterocycles. The first-order valence-corrected chi connectivity index (χ1v) is 7.37. The third-order valence-corrected chi connectivity index (χ3v) is 3.72. The predicted molar refractivity (Wildman–Crippen MR) is 88.9 cm³/mol. The molecule has 2 aromatic rings. The van der Waals surface area contributed by atoms with Gasteiger partial charge in [-0.05, 0) is 36.4 Å². The Morgan fingerprint density at radius 3 is 2.32 bits per heavy atom. The van der Waals surface area contributed by atoms with Crippen molar-refractivity contribution in [1.82, 2.24) is 5.43 Å². The van der Waals surface area contributed by atoms with Crippen LogP contribution < -0.4 is 15.8 Å². The van der Waals surface area contributed by atoms with Crippen LogP contribution in [0.15, 0.2) is 48.5 Å². The molecule has 0 bridgehead atoms. The van der Waals surface area contributed by atoms with Crippen LogP contribution in [0.5, 0.6) is 5.75 Å². The lowest BCUT2D eigenvalue weighted by Crippen LogP contribution is -2.41. The van der Waals surface area contributed by atoms with Crippen molar-refractivity contribution >= 4 is 28.9 Å². The molecule has 2 amide bonds. The Morgan fingerprint density at radius 1 is 1.08 bits per heavy atom. The molecular weight excluding hydrogens is 328 g/mol. The first-order chi connectivity index (χ1) is 12.0. The quantitative estimate of drug-likeness (QED) is 0.428. The van der Waals surface area contributed by atoms with Crippen molar-refractivity contribution in [3.8, 4) is 5.75 Å². The summed E-state index contributed by atoms with van der Waals surface area (Å²) in [6.45, 7) is 0. The number of hydrogen-bond donors (Lipinski definition) is 3. The van der Waals surface area contributed by atoms with E-state index in [2.05, 4.69) is 10.9 Å². The number of nitro groups is 1. The van der Waals surface area contributed by atoms with Gasteiger partial charge >= 0.3 is 0 Å². The standard InChI is InChI=1S/C16H14N4O5/c21-13-7-5-11(6-8-13)19-15(22)9-14(16(19)23)18-17-10-1-3-12(4-2-10)20(24)25/h1-8,14,17-18,21H,9H2. The van der Waals surface area contributed by atoms with E-state index in [9.17, 15) is 24.8 Å². The summed E-state index contributed by atoms with van der Waals surface area (Å²) < 4.78 is 0. The second-order valence-corrected chi connectivity index (χ2v) is 5.41. The molecule has 0 spiro atoms. The Morgan fingerprint density at radius 2 is 1.72 bits per heavy atom. The maximum atomic E-state index is 12.4. The SMILES string of the molecule is O=C1CC(NNc2ccc([N+](=O)[O-])cc2)C(=O)N1c1ccc(O)cc1. The summed E-state index contributed by atoms with van der Waals surface area (Å²) in [4.78, 5) is 35.7. The van der Waals surface area contributed by atoms with Gasteiger partial charge in [-0.25, -0.2) is 10.3 Å². The predicted octanol–water partition coefficient (Wildman–Crippen LogP) is 1.55. The van der Waals surface area contributed by atoms with Crippen LogP contribution >= 0.6 is 0 Å². The average Bonchev–Trinajstić information content (AvgIpc) is 2.88. The molecule has 25 heavy (non-hydrogen) atoms. The number of nitrogens with one attached hydrogen (secondary N) is 2. The normalized spacial score (nSPS) is 17.0. The van der Waals surface area contributed by atoms with Crippen LogP contribution in [0.1, 0.15) is 6.42 Å². The molecule has 2 aromatic carbocycles. The van der Waals surface area contributed by atoms with Gasteiger partial charge in [0, 0.05) is 17.8 Å². The van der Waals surface area contributed by atoms with Crippen molar-refractivity contribution in [2.45, 2.75) is 12.5 Å². The van der Waals surface area contributed by atoms with Gasteiger partial charge in [-0.2, -0.15) is 0 Å². The molecule has 128 valence electrons. The zero-order chi connectivity index (χ0) is 18.0. The topological polar surface area (TPSA) is 125 Å². The Bertz CT molecular complexity index is 819. The minimum absolute atomic E-state index is 0.0281. The summed E-state index contributed by atoms with van der Waals surface area (Å²) in [6, 6.07) is 10.6. The van der Waals surface area contributed by atoms with Gasteiger partial charge in [-0.3, -0.25) is 19.7 Å². The molecule has 3 rings (SSSR count). The van der Waals surface area contributed by atoms with E-state index in [1.807, 2.05) is 0 Å². The number of carbonyl (C=O) groups is 2. The summed E-state index contributed by atoms with van der Waals surface area (Å²) in [5, 5.41) is 19.9. The highest BCUT2D eigenvalue weighted by atomic mass is 16.6. The second-order valence-electron chi connectivity index (χ2n) is 5.41. The van der Waals surface area contributed by atoms with E-state index in [1.54, 1.807) is 0 Å². The number of nitrogens with zero attached hydrogens (tertiary/aromatic N) is 2. The maximum Gasteiger partial charge on any atom is 0.269 e. The molecule has 0 radical (unpaired) electrons. The number of phenolic OH excluding ortho intramolecular Hbond substituents is 1. The number of anilines is 2. The first-order valence-electron chi connectivity index (χ1n) is 7.37. The van der Waals surface area contributed by atoms with Crippen LogP contribution in [0.3, 0.4) is 0 Å². The van der Waals surface area contributed by atoms with Gasteiger partial charge in [-0.1, -0.05) is 0 Å². The van der Waals surface area contributed by atoms with Gasteiger partial charge < -0.3 is 10.5 Å². The number of imide groups is 1. The van der Waals surface area contributed by atoms with E-state index in [4.69, 9.17) is 0 Å². The molecule has 0 aliphatic carbocycles. The molecule has 1 saturated heterocycles. The zero-order valence-corrected chi connectivity index (χ0v) is 12.9. The van der Waals surface area contributed by atoms with Gasteiger partial charge in [0.05, 0.1) is 17.0 Å². The van der Waals surface area contributed by atoms with E-state index in [0.29, 0.717) is 11.4 Å². The zero-order valence-electron chi connectivity index (χ0n) is 12.9. The number of rotatable bonds is 5. The molecular formula is C16H14N4O5. The number of non-ortho nitro benzene ring substituents is 1. The van der Waals surface area contributed by atoms with Crippen molar-refractivity contribution < 1.29 is 19.6 Å². The van der Waals surface area contributed by atoms with Crippen molar-refractivity contribution in [3.63, 3.8) is 0 Å². The summed E-state index contributed by atoms with van der Waals surface area (Å²) >= 11 is 0. The van der Waals surface area contributed by atoms with Crippen LogP contribution in [0, 0.1) is 10.1 Å². The van der Waals surface area contributed by atoms with Crippen LogP contribution in [-0.2, 0) is 9.59 Å². The summed E-state index contributed by atoms with van der Waals surface area (Å²) in [6.07, 6.45) is -0.0281. The summed E-state index contributed by atoms with van der Waals surface area (Å²) in [5.74, 6) is -0.749. The first kappa shape index (κ1) is 16.4. The number of amides is 2. The lowest BCUT2D eigenvalue weighted by Gasteiger charge is -2.16. The Hall–Kier alpha value is -3.46. The minimum atomic E-state index is -0.767. The highest BCUT2D eigenvalue weighted by molar-refractivity contribution is 6.22. The molecule has 1 heterocycles. The summed E-state index contributed by atoms with van der Waals surface area (Å²) in [7, 11) is 0. The van der Waals surface area contributed by atoms with Crippen molar-refractivity contribution in [2.24, 2.45) is 0 Å². The molecule has 1 aliphatic rings. The molecule has 3 N–H and O–H groups in total. The highest BCUT2D eigenvalue weighted by Crippen LogP contribution is 2.25. The van der Waals surface area contributed by atoms with Crippen LogP contribution in [0.4, 0.5) is 17.1 Å². The molecule has 9 nitrogen and oxygen atoms in total. The fraction of sp³-hybridized carbons (Fsp3) is 0.125. The van der Waals surface area contributed by atoms with Crippen molar-refractivity contribution in [1.29, 1.82) is 0 Å². The second kappa shape index (κ2) is 6.57. The Balaban J connectivity index is 1.66. The van der Waals surface area contributed by atoms with Crippen LogP contribution in [0.25, 0.3) is 0 Å². The number of phenols is 1. The molecule has 0 aromatic heterocycles. The van der Waals surface area contributed by atoms with Crippen molar-refractivity contribution in [3.05, 3.63) is 58.6 Å². The van der Waals surface area contributed by atoms with E-state index >= 15 is 0 Å². The van der Waals surface area contributed by atoms with Gasteiger partial charge in [0.2, 0.25) is 5.91 Å². The number of nitro benzene ring substituents is 1. The van der Waals surface area contributed by atoms with Crippen LogP contribution in [-0.4, -0.2) is 27.9 Å². The Labute approximate surface area is 142 Å². The van der Waals surface area contributed by atoms with E-state index < -0.39 is 16.9 Å². The van der Waals surface area contributed by atoms with Gasteiger partial charge in [0.1, 0.15) is 11.8 Å². The van der Waals surface area contributed by atoms with Gasteiger partial charge in [-0.15, -0.1) is 0 Å². The molecule has 1 unspecified atom stereocenters. The molecule has 1 atom stereocenters. The summed E-state index contributed by atoms with van der Waals surface area (Å²) in [5.41, 5.74) is 6.39. The van der Waals surface area contributed by atoms with Gasteiger partial charge in [0.25, 0.3) is 11.6 Å². The fourth-order valence-corrected chi connectivity index (χ4v) is 2.45.